The molecule has 0 heterocycles. The van der Waals surface area contributed by atoms with Gasteiger partial charge in [0.2, 0.25) is 0 Å². The third kappa shape index (κ3) is 12.6. The predicted molar refractivity (Wildman–Crippen MR) is 157 cm³/mol. The van der Waals surface area contributed by atoms with E-state index in [2.05, 4.69) is 30.3 Å². The van der Waals surface area contributed by atoms with E-state index < -0.39 is 0 Å². The fraction of sp³-hybridized carbons (Fsp3) is 0.438. The zero-order valence-electron chi connectivity index (χ0n) is 23.6. The zero-order valence-corrected chi connectivity index (χ0v) is 23.6. The van der Waals surface area contributed by atoms with Crippen LogP contribution in [0.1, 0.15) is 86.3 Å². The highest BCUT2D eigenvalue weighted by Gasteiger charge is 2.08. The van der Waals surface area contributed by atoms with Crippen molar-refractivity contribution >= 4 is 23.4 Å². The molecule has 7 heteroatoms. The van der Waals surface area contributed by atoms with E-state index >= 15 is 0 Å². The van der Waals surface area contributed by atoms with Crippen molar-refractivity contribution in [2.75, 3.05) is 13.2 Å². The number of esters is 1. The number of ether oxygens (including phenoxy) is 1. The van der Waals surface area contributed by atoms with Gasteiger partial charge in [0.15, 0.2) is 5.78 Å². The van der Waals surface area contributed by atoms with Crippen LogP contribution in [0.3, 0.4) is 0 Å². The molecule has 2 aromatic rings. The van der Waals surface area contributed by atoms with Crippen LogP contribution in [0.2, 0.25) is 0 Å². The Morgan fingerprint density at radius 1 is 0.923 bits per heavy atom. The average molecular weight is 534 g/mol. The standard InChI is InChI=1S/C32H43N3O4/c1-4-39-31(37)21-14-26-11-7-10-25(23-26)12-8-13-29(36)19-20-30(35-33)27-15-17-28(18-16-27)32(38)34-22-6-5-9-24(2)3/h7,10-11,15-20,23-24H,4-6,8-9,12-14,21-22,33H2,1-3H3,(H,34,38)/b20-19-,35-30+. The molecule has 0 aromatic heterocycles. The molecule has 0 aliphatic rings. The van der Waals surface area contributed by atoms with E-state index in [0.717, 1.165) is 42.4 Å². The molecule has 39 heavy (non-hydrogen) atoms. The molecular formula is C32H43N3O4. The van der Waals surface area contributed by atoms with Crippen LogP contribution in [0.5, 0.6) is 0 Å². The summed E-state index contributed by atoms with van der Waals surface area (Å²) in [6.45, 7) is 7.25. The molecule has 0 aliphatic heterocycles. The fourth-order valence-electron chi connectivity index (χ4n) is 4.13. The number of benzene rings is 2. The summed E-state index contributed by atoms with van der Waals surface area (Å²) in [6, 6.07) is 15.1. The van der Waals surface area contributed by atoms with Crippen molar-refractivity contribution in [3.05, 3.63) is 82.9 Å². The number of aryl methyl sites for hydroxylation is 2. The molecule has 0 aliphatic carbocycles. The first kappa shape index (κ1) is 31.5. The first-order chi connectivity index (χ1) is 18.8. The largest absolute Gasteiger partial charge is 0.466 e. The molecule has 0 fully saturated rings. The molecule has 0 atom stereocenters. The van der Waals surface area contributed by atoms with Gasteiger partial charge < -0.3 is 15.9 Å². The van der Waals surface area contributed by atoms with Crippen LogP contribution in [0.25, 0.3) is 0 Å². The SMILES string of the molecule is CCOC(=O)CCc1cccc(CCCC(=O)/C=C\C(=N/N)c2ccc(C(=O)NCCCCC(C)C)cc2)c1. The molecule has 0 saturated heterocycles. The van der Waals surface area contributed by atoms with Gasteiger partial charge in [0.05, 0.1) is 12.3 Å². The van der Waals surface area contributed by atoms with Gasteiger partial charge in [-0.25, -0.2) is 0 Å². The maximum atomic E-state index is 12.4. The molecule has 3 N–H and O–H groups in total. The van der Waals surface area contributed by atoms with Crippen molar-refractivity contribution in [3.8, 4) is 0 Å². The van der Waals surface area contributed by atoms with Crippen LogP contribution >= 0.6 is 0 Å². The Kier molecular flexibility index (Phi) is 14.3. The molecule has 2 rings (SSSR count). The summed E-state index contributed by atoms with van der Waals surface area (Å²) in [5, 5.41) is 6.77. The number of nitrogens with one attached hydrogen (secondary N) is 1. The number of hydrogen-bond acceptors (Lipinski definition) is 6. The summed E-state index contributed by atoms with van der Waals surface area (Å²) in [7, 11) is 0. The molecule has 0 radical (unpaired) electrons. The molecular weight excluding hydrogens is 490 g/mol. The van der Waals surface area contributed by atoms with Crippen molar-refractivity contribution in [2.45, 2.75) is 72.1 Å². The highest BCUT2D eigenvalue weighted by atomic mass is 16.5. The summed E-state index contributed by atoms with van der Waals surface area (Å²) >= 11 is 0. The van der Waals surface area contributed by atoms with Crippen molar-refractivity contribution < 1.29 is 19.1 Å². The van der Waals surface area contributed by atoms with Gasteiger partial charge in [-0.15, -0.1) is 0 Å². The molecule has 0 unspecified atom stereocenters. The molecule has 7 nitrogen and oxygen atoms in total. The summed E-state index contributed by atoms with van der Waals surface area (Å²) in [4.78, 5) is 36.4. The van der Waals surface area contributed by atoms with Crippen LogP contribution in [0.15, 0.2) is 65.8 Å². The Morgan fingerprint density at radius 3 is 2.28 bits per heavy atom. The summed E-state index contributed by atoms with van der Waals surface area (Å²) < 4.78 is 4.99. The first-order valence-corrected chi connectivity index (χ1v) is 13.9. The second-order valence-corrected chi connectivity index (χ2v) is 10.0. The number of allylic oxidation sites excluding steroid dienone is 2. The minimum absolute atomic E-state index is 0.0110. The third-order valence-corrected chi connectivity index (χ3v) is 6.31. The van der Waals surface area contributed by atoms with Gasteiger partial charge >= 0.3 is 5.97 Å². The van der Waals surface area contributed by atoms with Crippen LogP contribution in [-0.2, 0) is 27.2 Å². The van der Waals surface area contributed by atoms with Gasteiger partial charge in [-0.05, 0) is 73.9 Å². The second-order valence-electron chi connectivity index (χ2n) is 10.0. The van der Waals surface area contributed by atoms with E-state index in [1.165, 1.54) is 6.08 Å². The number of nitrogens with two attached hydrogens (primary N) is 1. The Hall–Kier alpha value is -3.74. The number of carbonyl (C=O) groups excluding carboxylic acids is 3. The van der Waals surface area contributed by atoms with E-state index in [1.807, 2.05) is 18.2 Å². The third-order valence-electron chi connectivity index (χ3n) is 6.31. The number of carbonyl (C=O) groups is 3. The number of amides is 1. The first-order valence-electron chi connectivity index (χ1n) is 13.9. The van der Waals surface area contributed by atoms with Crippen LogP contribution in [0, 0.1) is 5.92 Å². The van der Waals surface area contributed by atoms with Gasteiger partial charge in [0, 0.05) is 30.5 Å². The van der Waals surface area contributed by atoms with E-state index in [-0.39, 0.29) is 17.7 Å². The average Bonchev–Trinajstić information content (AvgIpc) is 2.92. The van der Waals surface area contributed by atoms with Gasteiger partial charge in [0.25, 0.3) is 5.91 Å². The van der Waals surface area contributed by atoms with Gasteiger partial charge in [-0.3, -0.25) is 14.4 Å². The number of nitrogens with zero attached hydrogens (tertiary/aromatic N) is 1. The van der Waals surface area contributed by atoms with Crippen molar-refractivity contribution in [1.82, 2.24) is 5.32 Å². The van der Waals surface area contributed by atoms with Crippen LogP contribution in [-0.4, -0.2) is 36.5 Å². The van der Waals surface area contributed by atoms with Gasteiger partial charge in [-0.1, -0.05) is 63.1 Å². The van der Waals surface area contributed by atoms with Crippen molar-refractivity contribution in [1.29, 1.82) is 0 Å². The number of hydrazone groups is 1. The van der Waals surface area contributed by atoms with E-state index in [9.17, 15) is 14.4 Å². The Balaban J connectivity index is 1.79. The number of unbranched alkanes of at least 4 members (excludes halogenated alkanes) is 1. The molecule has 0 spiro atoms. The molecule has 1 amide bonds. The quantitative estimate of drug-likeness (QED) is 0.0692. The van der Waals surface area contributed by atoms with Crippen molar-refractivity contribution in [3.63, 3.8) is 0 Å². The van der Waals surface area contributed by atoms with Crippen LogP contribution in [0.4, 0.5) is 0 Å². The lowest BCUT2D eigenvalue weighted by Gasteiger charge is -2.07. The molecule has 2 aromatic carbocycles. The molecule has 0 saturated carbocycles. The summed E-state index contributed by atoms with van der Waals surface area (Å²) in [6.07, 6.45) is 9.22. The summed E-state index contributed by atoms with van der Waals surface area (Å²) in [5.74, 6) is 5.94. The minimum atomic E-state index is -0.190. The maximum Gasteiger partial charge on any atom is 0.306 e. The Bertz CT molecular complexity index is 1120. The summed E-state index contributed by atoms with van der Waals surface area (Å²) in [5.41, 5.74) is 4.00. The van der Waals surface area contributed by atoms with Crippen molar-refractivity contribution in [2.24, 2.45) is 16.9 Å². The maximum absolute atomic E-state index is 12.4. The van der Waals surface area contributed by atoms with Gasteiger partial charge in [0.1, 0.15) is 0 Å². The van der Waals surface area contributed by atoms with Gasteiger partial charge in [-0.2, -0.15) is 5.10 Å². The lowest BCUT2D eigenvalue weighted by atomic mass is 10.0. The fourth-order valence-corrected chi connectivity index (χ4v) is 4.13. The number of hydrogen-bond donors (Lipinski definition) is 2. The lowest BCUT2D eigenvalue weighted by Crippen LogP contribution is -2.24. The van der Waals surface area contributed by atoms with E-state index in [4.69, 9.17) is 10.6 Å². The van der Waals surface area contributed by atoms with E-state index in [1.54, 1.807) is 37.3 Å². The molecule has 210 valence electrons. The lowest BCUT2D eigenvalue weighted by molar-refractivity contribution is -0.143. The number of rotatable bonds is 17. The topological polar surface area (TPSA) is 111 Å². The second kappa shape index (κ2) is 17.7. The highest BCUT2D eigenvalue weighted by Crippen LogP contribution is 2.12. The zero-order chi connectivity index (χ0) is 28.5. The van der Waals surface area contributed by atoms with Crippen LogP contribution < -0.4 is 11.2 Å². The Labute approximate surface area is 232 Å². The smallest absolute Gasteiger partial charge is 0.306 e. The Morgan fingerprint density at radius 2 is 1.62 bits per heavy atom. The van der Waals surface area contributed by atoms with E-state index in [0.29, 0.717) is 56.0 Å². The minimum Gasteiger partial charge on any atom is -0.466 e. The predicted octanol–water partition coefficient (Wildman–Crippen LogP) is 5.55. The normalized spacial score (nSPS) is 11.6. The highest BCUT2D eigenvalue weighted by molar-refractivity contribution is 6.11. The molecule has 0 bridgehead atoms. The monoisotopic (exact) mass is 533 g/mol. The number of ketones is 1.